The summed E-state index contributed by atoms with van der Waals surface area (Å²) in [6.07, 6.45) is 4.57. The van der Waals surface area contributed by atoms with Gasteiger partial charge in [-0.2, -0.15) is 0 Å². The molecule has 0 bridgehead atoms. The first kappa shape index (κ1) is 18.4. The molecule has 2 aromatic heterocycles. The van der Waals surface area contributed by atoms with Crippen molar-refractivity contribution in [2.24, 2.45) is 0 Å². The number of benzene rings is 2. The van der Waals surface area contributed by atoms with E-state index < -0.39 is 0 Å². The Kier molecular flexibility index (Phi) is 4.78. The highest BCUT2D eigenvalue weighted by molar-refractivity contribution is 5.91. The van der Waals surface area contributed by atoms with Gasteiger partial charge >= 0.3 is 0 Å². The smallest absolute Gasteiger partial charge is 0.224 e. The third-order valence-corrected chi connectivity index (χ3v) is 4.49. The molecule has 0 aliphatic rings. The van der Waals surface area contributed by atoms with Crippen LogP contribution in [-0.2, 0) is 0 Å². The number of rotatable bonds is 5. The quantitative estimate of drug-likeness (QED) is 0.527. The van der Waals surface area contributed by atoms with E-state index in [0.717, 1.165) is 33.5 Å². The Morgan fingerprint density at radius 3 is 2.69 bits per heavy atom. The number of aromatic nitrogens is 4. The van der Waals surface area contributed by atoms with Crippen LogP contribution in [-0.4, -0.2) is 19.5 Å². The molecule has 4 aromatic rings. The van der Waals surface area contributed by atoms with Crippen molar-refractivity contribution in [1.82, 2.24) is 19.5 Å². The Labute approximate surface area is 167 Å². The summed E-state index contributed by atoms with van der Waals surface area (Å²) in [6.45, 7) is 7.63. The molecule has 2 aromatic carbocycles. The zero-order valence-electron chi connectivity index (χ0n) is 16.2. The first-order valence-electron chi connectivity index (χ1n) is 9.06. The van der Waals surface area contributed by atoms with E-state index in [1.54, 1.807) is 12.4 Å². The minimum absolute atomic E-state index is 0.242. The Hall–Kier alpha value is -4.00. The largest absolute Gasteiger partial charge is 0.439 e. The van der Waals surface area contributed by atoms with Crippen LogP contribution < -0.4 is 15.5 Å². The first-order valence-corrected chi connectivity index (χ1v) is 9.06. The van der Waals surface area contributed by atoms with Gasteiger partial charge in [-0.25, -0.2) is 15.0 Å². The molecule has 2 N–H and O–H groups in total. The predicted molar refractivity (Wildman–Crippen MR) is 113 cm³/mol. The summed E-state index contributed by atoms with van der Waals surface area (Å²) in [4.78, 5) is 12.9. The van der Waals surface area contributed by atoms with Gasteiger partial charge in [-0.05, 0) is 49.7 Å². The lowest BCUT2D eigenvalue weighted by molar-refractivity contribution is 0.455. The van der Waals surface area contributed by atoms with Crippen LogP contribution >= 0.6 is 0 Å². The zero-order valence-corrected chi connectivity index (χ0v) is 16.2. The van der Waals surface area contributed by atoms with E-state index in [-0.39, 0.29) is 5.49 Å². The van der Waals surface area contributed by atoms with E-state index in [1.807, 2.05) is 44.2 Å². The van der Waals surface area contributed by atoms with Crippen LogP contribution in [0, 0.1) is 19.3 Å². The molecule has 7 nitrogen and oxygen atoms in total. The van der Waals surface area contributed by atoms with Gasteiger partial charge in [0.05, 0.1) is 5.52 Å². The molecule has 29 heavy (non-hydrogen) atoms. The van der Waals surface area contributed by atoms with Crippen molar-refractivity contribution in [3.8, 4) is 11.6 Å². The molecule has 0 atom stereocenters. The molecule has 0 fully saturated rings. The normalized spacial score (nSPS) is 10.7. The third-order valence-electron chi connectivity index (χ3n) is 4.49. The molecule has 144 valence electrons. The average Bonchev–Trinajstić information content (AvgIpc) is 2.71. The summed E-state index contributed by atoms with van der Waals surface area (Å²) in [5, 5.41) is 12.3. The fourth-order valence-electron chi connectivity index (χ4n) is 2.97. The average molecular weight is 384 g/mol. The maximum absolute atomic E-state index is 7.92. The van der Waals surface area contributed by atoms with Gasteiger partial charge < -0.3 is 10.1 Å². The van der Waals surface area contributed by atoms with Crippen LogP contribution in [0.25, 0.3) is 17.1 Å². The lowest BCUT2D eigenvalue weighted by Crippen LogP contribution is -2.14. The molecule has 0 aliphatic heterocycles. The van der Waals surface area contributed by atoms with Crippen molar-refractivity contribution in [3.05, 3.63) is 78.3 Å². The SMILES string of the molecule is C=Cn1cnc(Oc2ccc(Nc3ncnc4ccc(C)cc34)cc2C)cc1=N. The topological polar surface area (TPSA) is 88.7 Å². The summed E-state index contributed by atoms with van der Waals surface area (Å²) in [5.74, 6) is 1.78. The minimum atomic E-state index is 0.242. The van der Waals surface area contributed by atoms with E-state index in [1.165, 1.54) is 17.1 Å². The molecule has 2 heterocycles. The lowest BCUT2D eigenvalue weighted by Gasteiger charge is -2.12. The lowest BCUT2D eigenvalue weighted by atomic mass is 10.1. The van der Waals surface area contributed by atoms with Crippen molar-refractivity contribution in [2.45, 2.75) is 13.8 Å². The minimum Gasteiger partial charge on any atom is -0.439 e. The molecular formula is C22H20N6O. The maximum atomic E-state index is 7.92. The van der Waals surface area contributed by atoms with Gasteiger partial charge in [0.1, 0.15) is 29.7 Å². The number of hydrogen-bond acceptors (Lipinski definition) is 6. The highest BCUT2D eigenvalue weighted by Gasteiger charge is 2.08. The fraction of sp³-hybridized carbons (Fsp3) is 0.0909. The fourth-order valence-corrected chi connectivity index (χ4v) is 2.97. The Balaban J connectivity index is 1.59. The molecule has 0 amide bonds. The Bertz CT molecular complexity index is 1280. The molecule has 0 aliphatic carbocycles. The summed E-state index contributed by atoms with van der Waals surface area (Å²) in [6, 6.07) is 13.4. The Morgan fingerprint density at radius 2 is 1.93 bits per heavy atom. The molecule has 0 saturated heterocycles. The van der Waals surface area contributed by atoms with E-state index in [9.17, 15) is 0 Å². The second-order valence-corrected chi connectivity index (χ2v) is 6.65. The number of anilines is 2. The number of aryl methyl sites for hydroxylation is 2. The van der Waals surface area contributed by atoms with Gasteiger partial charge in [0.2, 0.25) is 5.88 Å². The zero-order chi connectivity index (χ0) is 20.4. The number of nitrogens with one attached hydrogen (secondary N) is 2. The van der Waals surface area contributed by atoms with E-state index >= 15 is 0 Å². The number of ether oxygens (including phenoxy) is 1. The molecule has 4 rings (SSSR count). The molecule has 0 radical (unpaired) electrons. The van der Waals surface area contributed by atoms with E-state index in [2.05, 4.69) is 32.9 Å². The summed E-state index contributed by atoms with van der Waals surface area (Å²) in [5.41, 5.74) is 4.10. The van der Waals surface area contributed by atoms with Crippen molar-refractivity contribution in [1.29, 1.82) is 5.41 Å². The standard InChI is InChI=1S/C22H20N6O/c1-4-28-13-26-21(11-20(28)23)29-19-8-6-16(10-15(19)3)27-22-17-9-14(2)5-7-18(17)24-12-25-22/h4-13,23H,1H2,2-3H3,(H,24,25,27). The predicted octanol–water partition coefficient (Wildman–Crippen LogP) is 4.56. The molecule has 0 saturated carbocycles. The van der Waals surface area contributed by atoms with Crippen molar-refractivity contribution >= 4 is 28.6 Å². The molecule has 0 spiro atoms. The third kappa shape index (κ3) is 3.84. The van der Waals surface area contributed by atoms with Crippen LogP contribution in [0.3, 0.4) is 0 Å². The highest BCUT2D eigenvalue weighted by atomic mass is 16.5. The van der Waals surface area contributed by atoms with Crippen LogP contribution in [0.2, 0.25) is 0 Å². The van der Waals surface area contributed by atoms with Crippen LogP contribution in [0.5, 0.6) is 11.6 Å². The highest BCUT2D eigenvalue weighted by Crippen LogP contribution is 2.29. The number of fused-ring (bicyclic) bond motifs is 1. The van der Waals surface area contributed by atoms with Gasteiger partial charge in [0.25, 0.3) is 0 Å². The van der Waals surface area contributed by atoms with Crippen LogP contribution in [0.15, 0.2) is 61.7 Å². The van der Waals surface area contributed by atoms with E-state index in [0.29, 0.717) is 11.6 Å². The second-order valence-electron chi connectivity index (χ2n) is 6.65. The van der Waals surface area contributed by atoms with Crippen LogP contribution in [0.4, 0.5) is 11.5 Å². The summed E-state index contributed by atoms with van der Waals surface area (Å²) >= 11 is 0. The maximum Gasteiger partial charge on any atom is 0.224 e. The summed E-state index contributed by atoms with van der Waals surface area (Å²) in [7, 11) is 0. The van der Waals surface area contributed by atoms with E-state index in [4.69, 9.17) is 10.1 Å². The van der Waals surface area contributed by atoms with Crippen molar-refractivity contribution < 1.29 is 4.74 Å². The monoisotopic (exact) mass is 384 g/mol. The van der Waals surface area contributed by atoms with Crippen LogP contribution in [0.1, 0.15) is 11.1 Å². The molecule has 0 unspecified atom stereocenters. The van der Waals surface area contributed by atoms with Gasteiger partial charge in [-0.3, -0.25) is 9.98 Å². The molecular weight excluding hydrogens is 364 g/mol. The number of hydrogen-bond donors (Lipinski definition) is 2. The van der Waals surface area contributed by atoms with Crippen molar-refractivity contribution in [3.63, 3.8) is 0 Å². The molecule has 7 heteroatoms. The summed E-state index contributed by atoms with van der Waals surface area (Å²) < 4.78 is 7.35. The van der Waals surface area contributed by atoms with Gasteiger partial charge in [-0.1, -0.05) is 18.2 Å². The Morgan fingerprint density at radius 1 is 1.07 bits per heavy atom. The van der Waals surface area contributed by atoms with Gasteiger partial charge in [0.15, 0.2) is 0 Å². The second kappa shape index (κ2) is 7.55. The number of nitrogens with zero attached hydrogens (tertiary/aromatic N) is 4. The first-order chi connectivity index (χ1) is 14.0. The van der Waals surface area contributed by atoms with Gasteiger partial charge in [0, 0.05) is 23.3 Å². The van der Waals surface area contributed by atoms with Gasteiger partial charge in [-0.15, -0.1) is 0 Å². The van der Waals surface area contributed by atoms with Crippen molar-refractivity contribution in [2.75, 3.05) is 5.32 Å².